The summed E-state index contributed by atoms with van der Waals surface area (Å²) < 4.78 is 0. The molecule has 110 valence electrons. The minimum Gasteiger partial charge on any atom is -0.480 e. The summed E-state index contributed by atoms with van der Waals surface area (Å²) in [5.74, 6) is 0.107. The highest BCUT2D eigenvalue weighted by molar-refractivity contribution is 5.78. The van der Waals surface area contributed by atoms with Crippen LogP contribution in [0.25, 0.3) is 0 Å². The van der Waals surface area contributed by atoms with Crippen molar-refractivity contribution in [3.63, 3.8) is 0 Å². The Hall–Kier alpha value is -0.610. The van der Waals surface area contributed by atoms with Gasteiger partial charge in [-0.25, -0.2) is 0 Å². The molecule has 4 heteroatoms. The van der Waals surface area contributed by atoms with Gasteiger partial charge in [0.15, 0.2) is 0 Å². The van der Waals surface area contributed by atoms with Crippen LogP contribution >= 0.6 is 0 Å². The van der Waals surface area contributed by atoms with Crippen LogP contribution in [-0.2, 0) is 4.79 Å². The Balaban J connectivity index is 1.90. The first-order valence-corrected chi connectivity index (χ1v) is 7.62. The molecule has 0 aromatic rings. The lowest BCUT2D eigenvalue weighted by Gasteiger charge is -2.38. The molecule has 0 amide bonds. The molecule has 4 nitrogen and oxygen atoms in total. The molecule has 2 aliphatic rings. The number of hydrogen-bond acceptors (Lipinski definition) is 3. The molecular weight excluding hydrogens is 240 g/mol. The number of hydrogen-bond donors (Lipinski definition) is 2. The average molecular weight is 268 g/mol. The van der Waals surface area contributed by atoms with Crippen LogP contribution in [0, 0.1) is 5.92 Å². The molecule has 0 radical (unpaired) electrons. The molecular formula is C15H28N2O2. The van der Waals surface area contributed by atoms with Crippen molar-refractivity contribution in [3.8, 4) is 0 Å². The molecule has 19 heavy (non-hydrogen) atoms. The summed E-state index contributed by atoms with van der Waals surface area (Å²) in [6.45, 7) is 4.74. The van der Waals surface area contributed by atoms with Gasteiger partial charge in [0.2, 0.25) is 0 Å². The largest absolute Gasteiger partial charge is 0.480 e. The number of likely N-dealkylation sites (N-methyl/N-ethyl adjacent to an activating group) is 1. The molecule has 2 fully saturated rings. The summed E-state index contributed by atoms with van der Waals surface area (Å²) in [6, 6.07) is 0.969. The molecule has 0 aromatic heterocycles. The van der Waals surface area contributed by atoms with E-state index in [1.165, 1.54) is 25.7 Å². The highest BCUT2D eigenvalue weighted by Crippen LogP contribution is 2.28. The van der Waals surface area contributed by atoms with Crippen molar-refractivity contribution in [1.82, 2.24) is 10.2 Å². The van der Waals surface area contributed by atoms with Crippen molar-refractivity contribution >= 4 is 5.97 Å². The number of carboxylic acid groups (broad SMARTS) is 1. The maximum Gasteiger partial charge on any atom is 0.324 e. The van der Waals surface area contributed by atoms with Crippen LogP contribution in [0.3, 0.4) is 0 Å². The second-order valence-electron chi connectivity index (χ2n) is 6.88. The third-order valence-corrected chi connectivity index (χ3v) is 4.75. The average Bonchev–Trinajstić information content (AvgIpc) is 3.13. The molecule has 0 spiro atoms. The fraction of sp³-hybridized carbons (Fsp3) is 0.933. The summed E-state index contributed by atoms with van der Waals surface area (Å²) in [5.41, 5.74) is -0.807. The van der Waals surface area contributed by atoms with Crippen molar-refractivity contribution in [2.24, 2.45) is 5.92 Å². The number of carbonyl (C=O) groups is 1. The van der Waals surface area contributed by atoms with Crippen LogP contribution in [-0.4, -0.2) is 47.2 Å². The molecule has 0 heterocycles. The minimum atomic E-state index is -0.807. The Kier molecular flexibility index (Phi) is 4.51. The number of carboxylic acids is 1. The maximum atomic E-state index is 11.6. The van der Waals surface area contributed by atoms with E-state index in [1.54, 1.807) is 0 Å². The maximum absolute atomic E-state index is 11.6. The Morgan fingerprint density at radius 3 is 2.32 bits per heavy atom. The monoisotopic (exact) mass is 268 g/mol. The van der Waals surface area contributed by atoms with E-state index >= 15 is 0 Å². The summed E-state index contributed by atoms with van der Waals surface area (Å²) in [6.07, 6.45) is 7.19. The SMILES string of the molecule is CC1CCC(N(C)CC(C)(NC2CC2)C(=O)O)CC1. The van der Waals surface area contributed by atoms with E-state index in [9.17, 15) is 9.90 Å². The second-order valence-corrected chi connectivity index (χ2v) is 6.88. The van der Waals surface area contributed by atoms with E-state index in [2.05, 4.69) is 24.2 Å². The number of rotatable bonds is 6. The summed E-state index contributed by atoms with van der Waals surface area (Å²) >= 11 is 0. The zero-order valence-electron chi connectivity index (χ0n) is 12.5. The van der Waals surface area contributed by atoms with Gasteiger partial charge in [-0.2, -0.15) is 0 Å². The predicted molar refractivity (Wildman–Crippen MR) is 76.2 cm³/mol. The normalized spacial score (nSPS) is 31.2. The summed E-state index contributed by atoms with van der Waals surface area (Å²) in [5, 5.41) is 12.8. The van der Waals surface area contributed by atoms with Crippen LogP contribution in [0.15, 0.2) is 0 Å². The third-order valence-electron chi connectivity index (χ3n) is 4.75. The molecule has 2 aliphatic carbocycles. The van der Waals surface area contributed by atoms with Gasteiger partial charge in [0.05, 0.1) is 0 Å². The van der Waals surface area contributed by atoms with Crippen molar-refractivity contribution in [2.45, 2.75) is 70.0 Å². The van der Waals surface area contributed by atoms with Crippen LogP contribution in [0.1, 0.15) is 52.4 Å². The Morgan fingerprint density at radius 1 is 1.26 bits per heavy atom. The standard InChI is InChI=1S/C15H28N2O2/c1-11-4-8-13(9-5-11)17(3)10-15(2,14(18)19)16-12-6-7-12/h11-13,16H,4-10H2,1-3H3,(H,18,19). The van der Waals surface area contributed by atoms with Crippen molar-refractivity contribution < 1.29 is 9.90 Å². The summed E-state index contributed by atoms with van der Waals surface area (Å²) in [7, 11) is 2.08. The number of nitrogens with zero attached hydrogens (tertiary/aromatic N) is 1. The Labute approximate surface area is 116 Å². The fourth-order valence-electron chi connectivity index (χ4n) is 3.16. The zero-order valence-corrected chi connectivity index (χ0v) is 12.5. The van der Waals surface area contributed by atoms with Gasteiger partial charge in [0.25, 0.3) is 0 Å². The number of nitrogens with one attached hydrogen (secondary N) is 1. The lowest BCUT2D eigenvalue weighted by atomic mass is 9.86. The molecule has 0 aromatic carbocycles. The molecule has 2 saturated carbocycles. The molecule has 0 saturated heterocycles. The highest BCUT2D eigenvalue weighted by Gasteiger charge is 2.40. The van der Waals surface area contributed by atoms with E-state index < -0.39 is 11.5 Å². The molecule has 1 unspecified atom stereocenters. The van der Waals surface area contributed by atoms with E-state index in [4.69, 9.17) is 0 Å². The topological polar surface area (TPSA) is 52.6 Å². The lowest BCUT2D eigenvalue weighted by Crippen LogP contribution is -2.58. The fourth-order valence-corrected chi connectivity index (χ4v) is 3.16. The molecule has 0 bridgehead atoms. The van der Waals surface area contributed by atoms with Crippen molar-refractivity contribution in [1.29, 1.82) is 0 Å². The van der Waals surface area contributed by atoms with Gasteiger partial charge < -0.3 is 10.0 Å². The van der Waals surface area contributed by atoms with Crippen molar-refractivity contribution in [2.75, 3.05) is 13.6 Å². The van der Waals surface area contributed by atoms with Gasteiger partial charge in [-0.3, -0.25) is 10.1 Å². The van der Waals surface area contributed by atoms with E-state index in [1.807, 2.05) is 6.92 Å². The van der Waals surface area contributed by atoms with Gasteiger partial charge in [0.1, 0.15) is 5.54 Å². The van der Waals surface area contributed by atoms with Gasteiger partial charge in [-0.05, 0) is 58.4 Å². The van der Waals surface area contributed by atoms with E-state index in [0.717, 1.165) is 18.8 Å². The molecule has 1 atom stereocenters. The van der Waals surface area contributed by atoms with Crippen LogP contribution < -0.4 is 5.32 Å². The Morgan fingerprint density at radius 2 is 1.84 bits per heavy atom. The van der Waals surface area contributed by atoms with Gasteiger partial charge in [-0.15, -0.1) is 0 Å². The third kappa shape index (κ3) is 3.93. The highest BCUT2D eigenvalue weighted by atomic mass is 16.4. The predicted octanol–water partition coefficient (Wildman–Crippen LogP) is 2.09. The first-order valence-electron chi connectivity index (χ1n) is 7.62. The van der Waals surface area contributed by atoms with Crippen molar-refractivity contribution in [3.05, 3.63) is 0 Å². The quantitative estimate of drug-likeness (QED) is 0.774. The van der Waals surface area contributed by atoms with Crippen LogP contribution in [0.5, 0.6) is 0 Å². The zero-order chi connectivity index (χ0) is 14.0. The van der Waals surface area contributed by atoms with Gasteiger partial charge >= 0.3 is 5.97 Å². The smallest absolute Gasteiger partial charge is 0.324 e. The van der Waals surface area contributed by atoms with Crippen LogP contribution in [0.4, 0.5) is 0 Å². The van der Waals surface area contributed by atoms with Gasteiger partial charge in [-0.1, -0.05) is 6.92 Å². The van der Waals surface area contributed by atoms with Crippen LogP contribution in [0.2, 0.25) is 0 Å². The lowest BCUT2D eigenvalue weighted by molar-refractivity contribution is -0.145. The molecule has 2 N–H and O–H groups in total. The van der Waals surface area contributed by atoms with Gasteiger partial charge in [0, 0.05) is 18.6 Å². The minimum absolute atomic E-state index is 0.417. The van der Waals surface area contributed by atoms with E-state index in [-0.39, 0.29) is 0 Å². The van der Waals surface area contributed by atoms with E-state index in [0.29, 0.717) is 18.6 Å². The first-order chi connectivity index (χ1) is 8.90. The Bertz CT molecular complexity index is 322. The molecule has 0 aliphatic heterocycles. The first kappa shape index (κ1) is 14.8. The summed E-state index contributed by atoms with van der Waals surface area (Å²) in [4.78, 5) is 13.8. The second kappa shape index (κ2) is 5.80. The molecule has 2 rings (SSSR count). The number of aliphatic carboxylic acids is 1.